The molecule has 0 bridgehead atoms. The summed E-state index contributed by atoms with van der Waals surface area (Å²) in [6.45, 7) is 5.63. The number of carbonyl (C=O) groups excluding carboxylic acids is 2. The predicted octanol–water partition coefficient (Wildman–Crippen LogP) is 2.35. The molecule has 0 heterocycles. The first kappa shape index (κ1) is 15.7. The molecule has 96 valence electrons. The van der Waals surface area contributed by atoms with Crippen molar-refractivity contribution in [3.8, 4) is 0 Å². The molecule has 0 unspecified atom stereocenters. The molecule has 0 aliphatic rings. The molecule has 0 atom stereocenters. The number of hydrogen-bond donors (Lipinski definition) is 1. The van der Waals surface area contributed by atoms with E-state index in [0.29, 0.717) is 23.2 Å². The number of nitrogens with one attached hydrogen (secondary N) is 1. The summed E-state index contributed by atoms with van der Waals surface area (Å²) in [5.74, 6) is 0. The summed E-state index contributed by atoms with van der Waals surface area (Å²) in [6, 6.07) is 0. The Morgan fingerprint density at radius 2 is 2.06 bits per heavy atom. The fourth-order valence-corrected chi connectivity index (χ4v) is 1.52. The molecule has 0 aromatic carbocycles. The molecule has 2 amide bonds. The second-order valence-corrected chi connectivity index (χ2v) is 4.20. The van der Waals surface area contributed by atoms with E-state index in [1.54, 1.807) is 27.1 Å². The Morgan fingerprint density at radius 1 is 1.47 bits per heavy atom. The zero-order valence-electron chi connectivity index (χ0n) is 10.4. The van der Waals surface area contributed by atoms with E-state index in [1.807, 2.05) is 6.92 Å². The normalized spacial score (nSPS) is 12.6. The van der Waals surface area contributed by atoms with Crippen LogP contribution in [0.2, 0.25) is 0 Å². The maximum atomic E-state index is 11.2. The summed E-state index contributed by atoms with van der Waals surface area (Å²) in [7, 11) is 1.62. The Morgan fingerprint density at radius 3 is 2.53 bits per heavy atom. The van der Waals surface area contributed by atoms with Gasteiger partial charge in [0.2, 0.25) is 6.41 Å². The molecule has 17 heavy (non-hydrogen) atoms. The molecule has 0 aromatic rings. The van der Waals surface area contributed by atoms with Crippen molar-refractivity contribution in [3.63, 3.8) is 0 Å². The van der Waals surface area contributed by atoms with Crippen LogP contribution in [0.3, 0.4) is 0 Å². The fourth-order valence-electron chi connectivity index (χ4n) is 0.899. The molecule has 0 aliphatic heterocycles. The van der Waals surface area contributed by atoms with Gasteiger partial charge in [0.25, 0.3) is 0 Å². The van der Waals surface area contributed by atoms with Crippen molar-refractivity contribution in [2.45, 2.75) is 20.8 Å². The van der Waals surface area contributed by atoms with Gasteiger partial charge in [0.15, 0.2) is 0 Å². The molecule has 0 saturated heterocycles. The van der Waals surface area contributed by atoms with Crippen LogP contribution in [0.4, 0.5) is 4.79 Å². The monoisotopic (exact) mass is 304 g/mol. The quantitative estimate of drug-likeness (QED) is 0.626. The highest BCUT2D eigenvalue weighted by Gasteiger charge is 2.06. The molecule has 0 saturated carbocycles. The van der Waals surface area contributed by atoms with E-state index >= 15 is 0 Å². The number of carbonyl (C=O) groups is 2. The minimum absolute atomic E-state index is 0.322. The highest BCUT2D eigenvalue weighted by atomic mass is 79.9. The standard InChI is InChI=1S/C11H17BrN2O3/c1-5-17-11(16)13-9(3)8(2)10(12)6-14(4)7-15/h6-7H,5H2,1-4H3,(H,13,16)/b9-8+,10-6+. The van der Waals surface area contributed by atoms with E-state index < -0.39 is 6.09 Å². The van der Waals surface area contributed by atoms with Crippen molar-refractivity contribution in [1.29, 1.82) is 0 Å². The first-order valence-electron chi connectivity index (χ1n) is 5.08. The van der Waals surface area contributed by atoms with Gasteiger partial charge in [0.05, 0.1) is 6.61 Å². The van der Waals surface area contributed by atoms with E-state index in [9.17, 15) is 9.59 Å². The Kier molecular flexibility index (Phi) is 7.29. The van der Waals surface area contributed by atoms with Crippen LogP contribution in [0, 0.1) is 0 Å². The molecule has 0 aromatic heterocycles. The molecule has 6 heteroatoms. The lowest BCUT2D eigenvalue weighted by Crippen LogP contribution is -2.23. The molecule has 0 spiro atoms. The summed E-state index contributed by atoms with van der Waals surface area (Å²) in [6.07, 6.45) is 1.80. The maximum Gasteiger partial charge on any atom is 0.411 e. The minimum Gasteiger partial charge on any atom is -0.450 e. The average Bonchev–Trinajstić information content (AvgIpc) is 2.27. The molecule has 0 aliphatic carbocycles. The van der Waals surface area contributed by atoms with Crippen LogP contribution in [0.15, 0.2) is 22.0 Å². The fraction of sp³-hybridized carbons (Fsp3) is 0.455. The molecule has 0 radical (unpaired) electrons. The highest BCUT2D eigenvalue weighted by molar-refractivity contribution is 9.12. The smallest absolute Gasteiger partial charge is 0.411 e. The molecule has 1 N–H and O–H groups in total. The first-order valence-corrected chi connectivity index (χ1v) is 5.87. The Bertz CT molecular complexity index is 351. The van der Waals surface area contributed by atoms with Gasteiger partial charge in [-0.05, 0) is 42.3 Å². The molecule has 0 rings (SSSR count). The lowest BCUT2D eigenvalue weighted by Gasteiger charge is -2.11. The third-order valence-corrected chi connectivity index (χ3v) is 2.77. The third-order valence-electron chi connectivity index (χ3n) is 1.97. The van der Waals surface area contributed by atoms with Gasteiger partial charge in [-0.25, -0.2) is 4.79 Å². The van der Waals surface area contributed by atoms with Gasteiger partial charge in [-0.2, -0.15) is 0 Å². The van der Waals surface area contributed by atoms with Gasteiger partial charge in [-0.1, -0.05) is 0 Å². The van der Waals surface area contributed by atoms with Crippen LogP contribution in [-0.4, -0.2) is 31.1 Å². The molecule has 0 fully saturated rings. The van der Waals surface area contributed by atoms with Crippen molar-refractivity contribution in [1.82, 2.24) is 10.2 Å². The van der Waals surface area contributed by atoms with Crippen molar-refractivity contribution < 1.29 is 14.3 Å². The van der Waals surface area contributed by atoms with Crippen molar-refractivity contribution >= 4 is 28.4 Å². The summed E-state index contributed by atoms with van der Waals surface area (Å²) >= 11 is 3.32. The second kappa shape index (κ2) is 7.89. The zero-order chi connectivity index (χ0) is 13.4. The summed E-state index contributed by atoms with van der Waals surface area (Å²) in [4.78, 5) is 23.0. The Labute approximate surface area is 110 Å². The van der Waals surface area contributed by atoms with Gasteiger partial charge in [0, 0.05) is 23.4 Å². The number of alkyl carbamates (subject to hydrolysis) is 1. The second-order valence-electron chi connectivity index (χ2n) is 3.34. The summed E-state index contributed by atoms with van der Waals surface area (Å²) in [5.41, 5.74) is 1.47. The number of ether oxygens (including phenoxy) is 1. The number of hydrogen-bond acceptors (Lipinski definition) is 3. The number of rotatable bonds is 5. The van der Waals surface area contributed by atoms with E-state index in [4.69, 9.17) is 4.74 Å². The van der Waals surface area contributed by atoms with Crippen LogP contribution in [0.5, 0.6) is 0 Å². The summed E-state index contributed by atoms with van der Waals surface area (Å²) < 4.78 is 5.47. The van der Waals surface area contributed by atoms with Gasteiger partial charge in [-0.3, -0.25) is 10.1 Å². The topological polar surface area (TPSA) is 58.6 Å². The molecular weight excluding hydrogens is 288 g/mol. The van der Waals surface area contributed by atoms with Crippen LogP contribution in [-0.2, 0) is 9.53 Å². The maximum absolute atomic E-state index is 11.2. The minimum atomic E-state index is -0.492. The van der Waals surface area contributed by atoms with Gasteiger partial charge >= 0.3 is 6.09 Å². The van der Waals surface area contributed by atoms with E-state index in [-0.39, 0.29) is 0 Å². The average molecular weight is 305 g/mol. The van der Waals surface area contributed by atoms with Crippen LogP contribution in [0.1, 0.15) is 20.8 Å². The SMILES string of the molecule is CCOC(=O)N/C(C)=C(C)/C(Br)=C\N(C)C=O. The van der Waals surface area contributed by atoms with Crippen LogP contribution < -0.4 is 5.32 Å². The summed E-state index contributed by atoms with van der Waals surface area (Å²) in [5, 5.41) is 2.59. The lowest BCUT2D eigenvalue weighted by molar-refractivity contribution is -0.115. The molecule has 5 nitrogen and oxygen atoms in total. The number of nitrogens with zero attached hydrogens (tertiary/aromatic N) is 1. The number of amides is 2. The number of halogens is 1. The largest absolute Gasteiger partial charge is 0.450 e. The van der Waals surface area contributed by atoms with Gasteiger partial charge in [0.1, 0.15) is 0 Å². The van der Waals surface area contributed by atoms with Gasteiger partial charge in [-0.15, -0.1) is 0 Å². The Balaban J connectivity index is 4.73. The zero-order valence-corrected chi connectivity index (χ0v) is 12.0. The van der Waals surface area contributed by atoms with Crippen LogP contribution in [0.25, 0.3) is 0 Å². The predicted molar refractivity (Wildman–Crippen MR) is 69.4 cm³/mol. The Hall–Kier alpha value is -1.30. The van der Waals surface area contributed by atoms with Crippen molar-refractivity contribution in [2.75, 3.05) is 13.7 Å². The van der Waals surface area contributed by atoms with E-state index in [0.717, 1.165) is 5.57 Å². The highest BCUT2D eigenvalue weighted by Crippen LogP contribution is 2.19. The van der Waals surface area contributed by atoms with Crippen molar-refractivity contribution in [3.05, 3.63) is 22.0 Å². The lowest BCUT2D eigenvalue weighted by atomic mass is 10.2. The van der Waals surface area contributed by atoms with Crippen molar-refractivity contribution in [2.24, 2.45) is 0 Å². The van der Waals surface area contributed by atoms with E-state index in [1.165, 1.54) is 4.90 Å². The van der Waals surface area contributed by atoms with Crippen LogP contribution >= 0.6 is 15.9 Å². The van der Waals surface area contributed by atoms with E-state index in [2.05, 4.69) is 21.2 Å². The first-order chi connectivity index (χ1) is 7.92. The molecular formula is C11H17BrN2O3. The number of allylic oxidation sites excluding steroid dienone is 3. The third kappa shape index (κ3) is 6.11. The van der Waals surface area contributed by atoms with Gasteiger partial charge < -0.3 is 9.64 Å².